The van der Waals surface area contributed by atoms with E-state index in [1.54, 1.807) is 6.26 Å². The zero-order valence-corrected chi connectivity index (χ0v) is 7.18. The first kappa shape index (κ1) is 8.34. The minimum absolute atomic E-state index is 0.927. The van der Waals surface area contributed by atoms with Crippen LogP contribution in [0.25, 0.3) is 0 Å². The molecule has 0 amide bonds. The van der Waals surface area contributed by atoms with Crippen molar-refractivity contribution in [1.29, 1.82) is 0 Å². The zero-order valence-electron chi connectivity index (χ0n) is 7.18. The van der Waals surface area contributed by atoms with E-state index in [1.807, 2.05) is 13.0 Å². The minimum Gasteiger partial charge on any atom is -0.469 e. The average Bonchev–Trinajstić information content (AvgIpc) is 2.37. The molecule has 62 valence electrons. The molecule has 0 aliphatic rings. The zero-order chi connectivity index (χ0) is 8.10. The van der Waals surface area contributed by atoms with Crippen LogP contribution in [-0.4, -0.2) is 6.54 Å². The summed E-state index contributed by atoms with van der Waals surface area (Å²) in [5.41, 5.74) is 1.26. The van der Waals surface area contributed by atoms with Crippen LogP contribution in [-0.2, 0) is 6.54 Å². The summed E-state index contributed by atoms with van der Waals surface area (Å²) in [7, 11) is 0. The van der Waals surface area contributed by atoms with Crippen LogP contribution >= 0.6 is 0 Å². The third kappa shape index (κ3) is 2.39. The Labute approximate surface area is 67.6 Å². The van der Waals surface area contributed by atoms with Gasteiger partial charge in [-0.2, -0.15) is 0 Å². The first-order valence-corrected chi connectivity index (χ1v) is 4.08. The lowest BCUT2D eigenvalue weighted by Crippen LogP contribution is -2.13. The van der Waals surface area contributed by atoms with Gasteiger partial charge in [-0.1, -0.05) is 6.92 Å². The molecule has 0 atom stereocenters. The van der Waals surface area contributed by atoms with Crippen molar-refractivity contribution in [2.75, 3.05) is 6.54 Å². The van der Waals surface area contributed by atoms with Crippen molar-refractivity contribution in [1.82, 2.24) is 5.32 Å². The van der Waals surface area contributed by atoms with Crippen LogP contribution in [0.3, 0.4) is 0 Å². The number of hydrogen-bond acceptors (Lipinski definition) is 2. The summed E-state index contributed by atoms with van der Waals surface area (Å²) in [5.74, 6) is 1.02. The largest absolute Gasteiger partial charge is 0.469 e. The molecule has 0 aliphatic carbocycles. The Morgan fingerprint density at radius 1 is 1.55 bits per heavy atom. The van der Waals surface area contributed by atoms with Gasteiger partial charge in [0, 0.05) is 12.1 Å². The second-order valence-corrected chi connectivity index (χ2v) is 2.68. The summed E-state index contributed by atoms with van der Waals surface area (Å²) in [5, 5.41) is 3.32. The van der Waals surface area contributed by atoms with E-state index in [-0.39, 0.29) is 0 Å². The summed E-state index contributed by atoms with van der Waals surface area (Å²) in [4.78, 5) is 0. The molecule has 0 spiro atoms. The number of furan rings is 1. The highest BCUT2D eigenvalue weighted by Crippen LogP contribution is 2.07. The Hall–Kier alpha value is -0.760. The van der Waals surface area contributed by atoms with Crippen molar-refractivity contribution in [3.05, 3.63) is 23.7 Å². The SMILES string of the molecule is CCCNCc1ccoc1C. The van der Waals surface area contributed by atoms with Crippen molar-refractivity contribution in [2.24, 2.45) is 0 Å². The molecule has 11 heavy (non-hydrogen) atoms. The van der Waals surface area contributed by atoms with Gasteiger partial charge in [-0.25, -0.2) is 0 Å². The lowest BCUT2D eigenvalue weighted by atomic mass is 10.2. The van der Waals surface area contributed by atoms with Crippen molar-refractivity contribution >= 4 is 0 Å². The number of hydrogen-bond donors (Lipinski definition) is 1. The van der Waals surface area contributed by atoms with E-state index >= 15 is 0 Å². The Bertz CT molecular complexity index is 205. The molecule has 1 N–H and O–H groups in total. The Morgan fingerprint density at radius 2 is 2.36 bits per heavy atom. The van der Waals surface area contributed by atoms with E-state index in [4.69, 9.17) is 4.42 Å². The van der Waals surface area contributed by atoms with Crippen molar-refractivity contribution in [3.8, 4) is 0 Å². The van der Waals surface area contributed by atoms with Gasteiger partial charge in [0.15, 0.2) is 0 Å². The van der Waals surface area contributed by atoms with Crippen LogP contribution < -0.4 is 5.32 Å². The number of nitrogens with one attached hydrogen (secondary N) is 1. The lowest BCUT2D eigenvalue weighted by molar-refractivity contribution is 0.526. The van der Waals surface area contributed by atoms with Gasteiger partial charge < -0.3 is 9.73 Å². The van der Waals surface area contributed by atoms with Crippen molar-refractivity contribution < 1.29 is 4.42 Å². The van der Waals surface area contributed by atoms with E-state index in [2.05, 4.69) is 12.2 Å². The summed E-state index contributed by atoms with van der Waals surface area (Å²) >= 11 is 0. The summed E-state index contributed by atoms with van der Waals surface area (Å²) in [6.07, 6.45) is 2.91. The predicted molar refractivity (Wildman–Crippen MR) is 45.4 cm³/mol. The van der Waals surface area contributed by atoms with Gasteiger partial charge in [0.2, 0.25) is 0 Å². The normalized spacial score (nSPS) is 10.4. The Balaban J connectivity index is 2.32. The molecule has 0 aromatic carbocycles. The first-order valence-electron chi connectivity index (χ1n) is 4.08. The van der Waals surface area contributed by atoms with Crippen molar-refractivity contribution in [2.45, 2.75) is 26.8 Å². The molecular weight excluding hydrogens is 138 g/mol. The highest BCUT2D eigenvalue weighted by molar-refractivity contribution is 5.14. The molecule has 0 bridgehead atoms. The summed E-state index contributed by atoms with van der Waals surface area (Å²) < 4.78 is 5.16. The van der Waals surface area contributed by atoms with Crippen molar-refractivity contribution in [3.63, 3.8) is 0 Å². The quantitative estimate of drug-likeness (QED) is 0.670. The molecule has 1 aromatic heterocycles. The molecule has 0 radical (unpaired) electrons. The topological polar surface area (TPSA) is 25.2 Å². The molecule has 0 unspecified atom stereocenters. The monoisotopic (exact) mass is 153 g/mol. The Kier molecular flexibility index (Phi) is 3.17. The van der Waals surface area contributed by atoms with Crippen LogP contribution in [0, 0.1) is 6.92 Å². The number of aryl methyl sites for hydroxylation is 1. The molecular formula is C9H15NO. The van der Waals surface area contributed by atoms with E-state index in [0.717, 1.165) is 18.8 Å². The first-order chi connectivity index (χ1) is 5.34. The maximum Gasteiger partial charge on any atom is 0.105 e. The fraction of sp³-hybridized carbons (Fsp3) is 0.556. The van der Waals surface area contributed by atoms with E-state index in [0.29, 0.717) is 0 Å². The minimum atomic E-state index is 0.927. The molecule has 0 fully saturated rings. The molecule has 1 rings (SSSR count). The van der Waals surface area contributed by atoms with Crippen LogP contribution in [0.15, 0.2) is 16.7 Å². The molecule has 0 aliphatic heterocycles. The molecule has 2 nitrogen and oxygen atoms in total. The van der Waals surface area contributed by atoms with Gasteiger partial charge in [0.25, 0.3) is 0 Å². The predicted octanol–water partition coefficient (Wildman–Crippen LogP) is 2.09. The van der Waals surface area contributed by atoms with Gasteiger partial charge in [-0.15, -0.1) is 0 Å². The van der Waals surface area contributed by atoms with E-state index in [1.165, 1.54) is 12.0 Å². The van der Waals surface area contributed by atoms with Gasteiger partial charge >= 0.3 is 0 Å². The van der Waals surface area contributed by atoms with Gasteiger partial charge in [-0.05, 0) is 26.0 Å². The fourth-order valence-electron chi connectivity index (χ4n) is 0.994. The van der Waals surface area contributed by atoms with Gasteiger partial charge in [0.1, 0.15) is 5.76 Å². The highest BCUT2D eigenvalue weighted by atomic mass is 16.3. The number of rotatable bonds is 4. The maximum absolute atomic E-state index is 5.16. The van der Waals surface area contributed by atoms with Gasteiger partial charge in [-0.3, -0.25) is 0 Å². The van der Waals surface area contributed by atoms with E-state index in [9.17, 15) is 0 Å². The lowest BCUT2D eigenvalue weighted by Gasteiger charge is -1.99. The molecule has 2 heteroatoms. The second-order valence-electron chi connectivity index (χ2n) is 2.68. The molecule has 0 saturated heterocycles. The highest BCUT2D eigenvalue weighted by Gasteiger charge is 1.98. The van der Waals surface area contributed by atoms with Gasteiger partial charge in [0.05, 0.1) is 6.26 Å². The van der Waals surface area contributed by atoms with Crippen LogP contribution in [0.1, 0.15) is 24.7 Å². The average molecular weight is 153 g/mol. The third-order valence-electron chi connectivity index (χ3n) is 1.71. The Morgan fingerprint density at radius 3 is 2.91 bits per heavy atom. The molecule has 1 aromatic rings. The van der Waals surface area contributed by atoms with E-state index < -0.39 is 0 Å². The maximum atomic E-state index is 5.16. The van der Waals surface area contributed by atoms with Crippen LogP contribution in [0.5, 0.6) is 0 Å². The summed E-state index contributed by atoms with van der Waals surface area (Å²) in [6.45, 7) is 6.15. The summed E-state index contributed by atoms with van der Waals surface area (Å²) in [6, 6.07) is 2.01. The third-order valence-corrected chi connectivity index (χ3v) is 1.71. The van der Waals surface area contributed by atoms with Crippen LogP contribution in [0.4, 0.5) is 0 Å². The fourth-order valence-corrected chi connectivity index (χ4v) is 0.994. The second kappa shape index (κ2) is 4.19. The molecule has 0 saturated carbocycles. The van der Waals surface area contributed by atoms with Crippen LogP contribution in [0.2, 0.25) is 0 Å². The standard InChI is InChI=1S/C9H15NO/c1-3-5-10-7-9-4-6-11-8(9)2/h4,6,10H,3,5,7H2,1-2H3. The molecule has 1 heterocycles. The smallest absolute Gasteiger partial charge is 0.105 e.